The Morgan fingerprint density at radius 3 is 2.54 bits per heavy atom. The molecule has 0 aliphatic heterocycles. The van der Waals surface area contributed by atoms with Crippen molar-refractivity contribution in [3.05, 3.63) is 35.4 Å². The lowest BCUT2D eigenvalue weighted by atomic mass is 9.78. The lowest BCUT2D eigenvalue weighted by Crippen LogP contribution is -2.39. The van der Waals surface area contributed by atoms with Crippen molar-refractivity contribution in [1.82, 2.24) is 0 Å². The van der Waals surface area contributed by atoms with Gasteiger partial charge in [0.1, 0.15) is 5.78 Å². The van der Waals surface area contributed by atoms with E-state index in [0.717, 1.165) is 31.2 Å². The first-order valence-corrected chi connectivity index (χ1v) is 8.75. The maximum absolute atomic E-state index is 13.0. The molecule has 1 aliphatic carbocycles. The van der Waals surface area contributed by atoms with Gasteiger partial charge in [0, 0.05) is 20.1 Å². The van der Waals surface area contributed by atoms with Crippen LogP contribution in [0.15, 0.2) is 24.3 Å². The normalized spacial score (nSPS) is 22.2. The second kappa shape index (κ2) is 9.09. The zero-order valence-corrected chi connectivity index (χ0v) is 14.9. The minimum atomic E-state index is -0.946. The van der Waals surface area contributed by atoms with Crippen molar-refractivity contribution >= 4 is 11.6 Å². The minimum absolute atomic E-state index is 0.0558. The summed E-state index contributed by atoms with van der Waals surface area (Å²) in [6.45, 7) is 2.05. The molecule has 0 saturated heterocycles. The highest BCUT2D eigenvalue weighted by Crippen LogP contribution is 2.28. The van der Waals surface area contributed by atoms with Gasteiger partial charge in [0.05, 0.1) is 5.92 Å². The first-order valence-electron chi connectivity index (χ1n) is 8.75. The van der Waals surface area contributed by atoms with E-state index in [1.54, 1.807) is 0 Å². The molecule has 2 rings (SSSR count). The molecule has 1 aromatic rings. The Bertz CT molecular complexity index is 563. The molecule has 1 aliphatic rings. The third-order valence-electron chi connectivity index (χ3n) is 4.86. The Labute approximate surface area is 144 Å². The monoisotopic (exact) mass is 332 g/mol. The zero-order chi connectivity index (χ0) is 17.5. The first-order chi connectivity index (χ1) is 11.6. The highest BCUT2D eigenvalue weighted by atomic mass is 16.7. The summed E-state index contributed by atoms with van der Waals surface area (Å²) in [7, 11) is 2.87. The zero-order valence-electron chi connectivity index (χ0n) is 14.9. The Morgan fingerprint density at radius 1 is 1.17 bits per heavy atom. The third-order valence-corrected chi connectivity index (χ3v) is 4.86. The number of hydrogen-bond donors (Lipinski definition) is 0. The van der Waals surface area contributed by atoms with Crippen molar-refractivity contribution in [2.24, 2.45) is 11.8 Å². The van der Waals surface area contributed by atoms with Crippen molar-refractivity contribution in [2.75, 3.05) is 14.2 Å². The van der Waals surface area contributed by atoms with E-state index >= 15 is 0 Å². The van der Waals surface area contributed by atoms with Gasteiger partial charge >= 0.3 is 0 Å². The van der Waals surface area contributed by atoms with Crippen molar-refractivity contribution in [3.8, 4) is 0 Å². The maximum atomic E-state index is 13.0. The van der Waals surface area contributed by atoms with E-state index in [1.165, 1.54) is 19.8 Å². The fourth-order valence-electron chi connectivity index (χ4n) is 3.59. The number of ketones is 2. The summed E-state index contributed by atoms with van der Waals surface area (Å²) in [5, 5.41) is 0. The molecule has 1 saturated carbocycles. The van der Waals surface area contributed by atoms with Gasteiger partial charge in [-0.1, -0.05) is 49.1 Å². The van der Waals surface area contributed by atoms with E-state index in [4.69, 9.17) is 9.47 Å². The molecule has 1 fully saturated rings. The van der Waals surface area contributed by atoms with Crippen LogP contribution in [0.3, 0.4) is 0 Å². The van der Waals surface area contributed by atoms with Crippen LogP contribution in [0.1, 0.15) is 43.2 Å². The summed E-state index contributed by atoms with van der Waals surface area (Å²) in [5.74, 6) is -0.887. The Kier molecular flexibility index (Phi) is 7.13. The predicted octanol–water partition coefficient (Wildman–Crippen LogP) is 3.49. The Morgan fingerprint density at radius 2 is 1.88 bits per heavy atom. The molecule has 4 heteroatoms. The Hall–Kier alpha value is -1.52. The number of rotatable bonds is 6. The molecular weight excluding hydrogens is 304 g/mol. The molecule has 0 heterocycles. The molecule has 24 heavy (non-hydrogen) atoms. The largest absolute Gasteiger partial charge is 0.349 e. The quantitative estimate of drug-likeness (QED) is 0.591. The van der Waals surface area contributed by atoms with E-state index in [1.807, 2.05) is 6.07 Å². The molecule has 0 radical (unpaired) electrons. The third kappa shape index (κ3) is 4.74. The summed E-state index contributed by atoms with van der Waals surface area (Å²) in [5.41, 5.74) is 2.35. The fraction of sp³-hybridized carbons (Fsp3) is 0.600. The second-order valence-electron chi connectivity index (χ2n) is 6.69. The van der Waals surface area contributed by atoms with Crippen LogP contribution < -0.4 is 0 Å². The molecule has 1 aromatic carbocycles. The van der Waals surface area contributed by atoms with E-state index in [9.17, 15) is 9.59 Å². The predicted molar refractivity (Wildman–Crippen MR) is 92.8 cm³/mol. The lowest BCUT2D eigenvalue weighted by molar-refractivity contribution is -0.164. The smallest absolute Gasteiger partial charge is 0.218 e. The number of aryl methyl sites for hydroxylation is 1. The van der Waals surface area contributed by atoms with Crippen LogP contribution in [0.2, 0.25) is 0 Å². The Balaban J connectivity index is 2.17. The molecule has 132 valence electrons. The van der Waals surface area contributed by atoms with Gasteiger partial charge in [0.25, 0.3) is 0 Å². The molecular formula is C20H28O4. The van der Waals surface area contributed by atoms with Crippen LogP contribution in [0.4, 0.5) is 0 Å². The summed E-state index contributed by atoms with van der Waals surface area (Å²) < 4.78 is 10.2. The van der Waals surface area contributed by atoms with Crippen molar-refractivity contribution in [1.29, 1.82) is 0 Å². The number of hydrogen-bond acceptors (Lipinski definition) is 4. The summed E-state index contributed by atoms with van der Waals surface area (Å²) in [4.78, 5) is 25.7. The summed E-state index contributed by atoms with van der Waals surface area (Å²) in [6.07, 6.45) is 4.21. The number of Topliss-reactive ketones (excluding diaryl/α,β-unsaturated/α-hetero) is 2. The second-order valence-corrected chi connectivity index (χ2v) is 6.69. The molecule has 0 spiro atoms. The maximum Gasteiger partial charge on any atom is 0.218 e. The number of carbonyl (C=O) groups is 2. The average molecular weight is 332 g/mol. The van der Waals surface area contributed by atoms with Crippen LogP contribution in [-0.4, -0.2) is 32.1 Å². The van der Waals surface area contributed by atoms with Crippen LogP contribution in [-0.2, 0) is 25.5 Å². The van der Waals surface area contributed by atoms with Crippen molar-refractivity contribution < 1.29 is 19.1 Å². The number of methoxy groups -OCH3 is 2. The minimum Gasteiger partial charge on any atom is -0.349 e. The average Bonchev–Trinajstić information content (AvgIpc) is 2.56. The SMILES string of the molecule is COC(OC)C(=O)C1CCCCCC(Cc2cccc(C)c2)C1=O. The lowest BCUT2D eigenvalue weighted by Gasteiger charge is -2.26. The van der Waals surface area contributed by atoms with E-state index in [-0.39, 0.29) is 17.5 Å². The van der Waals surface area contributed by atoms with Gasteiger partial charge in [0.15, 0.2) is 5.78 Å². The van der Waals surface area contributed by atoms with Crippen LogP contribution in [0.5, 0.6) is 0 Å². The number of benzene rings is 1. The van der Waals surface area contributed by atoms with Crippen LogP contribution >= 0.6 is 0 Å². The molecule has 4 nitrogen and oxygen atoms in total. The van der Waals surface area contributed by atoms with Crippen molar-refractivity contribution in [3.63, 3.8) is 0 Å². The molecule has 0 aromatic heterocycles. The highest BCUT2D eigenvalue weighted by Gasteiger charge is 2.36. The molecule has 2 atom stereocenters. The highest BCUT2D eigenvalue weighted by molar-refractivity contribution is 6.04. The molecule has 0 bridgehead atoms. The summed E-state index contributed by atoms with van der Waals surface area (Å²) in [6, 6.07) is 8.25. The van der Waals surface area contributed by atoms with Gasteiger partial charge in [-0.2, -0.15) is 0 Å². The molecule has 0 amide bonds. The van der Waals surface area contributed by atoms with Crippen LogP contribution in [0, 0.1) is 18.8 Å². The van der Waals surface area contributed by atoms with Gasteiger partial charge in [-0.15, -0.1) is 0 Å². The molecule has 2 unspecified atom stereocenters. The number of ether oxygens (including phenoxy) is 2. The topological polar surface area (TPSA) is 52.6 Å². The van der Waals surface area contributed by atoms with Gasteiger partial charge in [0.2, 0.25) is 6.29 Å². The number of carbonyl (C=O) groups excluding carboxylic acids is 2. The van der Waals surface area contributed by atoms with E-state index < -0.39 is 12.2 Å². The van der Waals surface area contributed by atoms with Crippen LogP contribution in [0.25, 0.3) is 0 Å². The first kappa shape index (κ1) is 18.8. The fourth-order valence-corrected chi connectivity index (χ4v) is 3.59. The van der Waals surface area contributed by atoms with Gasteiger partial charge in [-0.3, -0.25) is 9.59 Å². The van der Waals surface area contributed by atoms with E-state index in [2.05, 4.69) is 25.1 Å². The van der Waals surface area contributed by atoms with Gasteiger partial charge in [-0.25, -0.2) is 0 Å². The molecule has 0 N–H and O–H groups in total. The van der Waals surface area contributed by atoms with Crippen molar-refractivity contribution in [2.45, 2.75) is 51.7 Å². The van der Waals surface area contributed by atoms with E-state index in [0.29, 0.717) is 12.8 Å². The van der Waals surface area contributed by atoms with Gasteiger partial charge < -0.3 is 9.47 Å². The standard InChI is InChI=1S/C20H28O4/c1-14-8-7-9-15(12-14)13-16-10-5-4-6-11-17(18(16)21)19(22)20(23-2)24-3/h7-9,12,16-17,20H,4-6,10-11,13H2,1-3H3. The summed E-state index contributed by atoms with van der Waals surface area (Å²) >= 11 is 0. The van der Waals surface area contributed by atoms with Gasteiger partial charge in [-0.05, 0) is 31.7 Å².